The SMILES string of the molecule is COCCn1cc(-c2nc(C(=O)N(C)c3ccccc3)c3ccccn23)nc1C. The molecule has 4 aromatic rings. The van der Waals surface area contributed by atoms with E-state index in [-0.39, 0.29) is 5.91 Å². The number of hydrogen-bond donors (Lipinski definition) is 0. The lowest BCUT2D eigenvalue weighted by Crippen LogP contribution is -2.26. The van der Waals surface area contributed by atoms with Gasteiger partial charge in [-0.05, 0) is 31.2 Å². The normalized spacial score (nSPS) is 11.1. The number of pyridine rings is 1. The van der Waals surface area contributed by atoms with E-state index in [9.17, 15) is 4.79 Å². The Morgan fingerprint density at radius 3 is 2.62 bits per heavy atom. The highest BCUT2D eigenvalue weighted by atomic mass is 16.5. The minimum atomic E-state index is -0.165. The molecule has 7 nitrogen and oxygen atoms in total. The number of aromatic nitrogens is 4. The van der Waals surface area contributed by atoms with Gasteiger partial charge in [-0.2, -0.15) is 0 Å². The molecule has 3 heterocycles. The molecule has 0 spiro atoms. The number of para-hydroxylation sites is 1. The van der Waals surface area contributed by atoms with Crippen molar-refractivity contribution in [3.05, 3.63) is 72.4 Å². The lowest BCUT2D eigenvalue weighted by atomic mass is 10.2. The maximum Gasteiger partial charge on any atom is 0.278 e. The van der Waals surface area contributed by atoms with E-state index in [4.69, 9.17) is 9.72 Å². The topological polar surface area (TPSA) is 64.7 Å². The Morgan fingerprint density at radius 1 is 1.10 bits per heavy atom. The van der Waals surface area contributed by atoms with Crippen molar-refractivity contribution in [3.8, 4) is 11.5 Å². The number of anilines is 1. The zero-order valence-corrected chi connectivity index (χ0v) is 16.7. The number of rotatable bonds is 6. The van der Waals surface area contributed by atoms with Gasteiger partial charge in [0.1, 0.15) is 11.5 Å². The van der Waals surface area contributed by atoms with E-state index < -0.39 is 0 Å². The van der Waals surface area contributed by atoms with E-state index in [0.717, 1.165) is 22.7 Å². The van der Waals surface area contributed by atoms with Gasteiger partial charge in [0.05, 0.1) is 12.1 Å². The molecule has 0 aliphatic carbocycles. The van der Waals surface area contributed by atoms with Crippen LogP contribution in [-0.4, -0.2) is 45.6 Å². The molecule has 0 N–H and O–H groups in total. The third-order valence-corrected chi connectivity index (χ3v) is 4.94. The van der Waals surface area contributed by atoms with Crippen molar-refractivity contribution in [1.29, 1.82) is 0 Å². The van der Waals surface area contributed by atoms with Gasteiger partial charge < -0.3 is 14.2 Å². The van der Waals surface area contributed by atoms with Crippen LogP contribution in [-0.2, 0) is 11.3 Å². The average Bonchev–Trinajstić information content (AvgIpc) is 3.32. The van der Waals surface area contributed by atoms with E-state index in [1.807, 2.05) is 76.8 Å². The van der Waals surface area contributed by atoms with E-state index in [2.05, 4.69) is 4.98 Å². The summed E-state index contributed by atoms with van der Waals surface area (Å²) in [6.07, 6.45) is 3.85. The first-order valence-electron chi connectivity index (χ1n) is 9.43. The third kappa shape index (κ3) is 3.52. The van der Waals surface area contributed by atoms with Gasteiger partial charge in [0.2, 0.25) is 0 Å². The van der Waals surface area contributed by atoms with Crippen molar-refractivity contribution in [2.45, 2.75) is 13.5 Å². The summed E-state index contributed by atoms with van der Waals surface area (Å²) in [4.78, 5) is 24.2. The second-order valence-electron chi connectivity index (χ2n) is 6.80. The minimum Gasteiger partial charge on any atom is -0.383 e. The fraction of sp³-hybridized carbons (Fsp3) is 0.227. The number of imidazole rings is 2. The second-order valence-corrected chi connectivity index (χ2v) is 6.80. The zero-order valence-electron chi connectivity index (χ0n) is 16.7. The van der Waals surface area contributed by atoms with Gasteiger partial charge in [-0.25, -0.2) is 9.97 Å². The van der Waals surface area contributed by atoms with Crippen LogP contribution in [0, 0.1) is 6.92 Å². The van der Waals surface area contributed by atoms with E-state index >= 15 is 0 Å². The highest BCUT2D eigenvalue weighted by Gasteiger charge is 2.23. The molecule has 0 bridgehead atoms. The molecule has 29 heavy (non-hydrogen) atoms. The molecule has 148 valence electrons. The van der Waals surface area contributed by atoms with Gasteiger partial charge in [-0.3, -0.25) is 9.20 Å². The molecular weight excluding hydrogens is 366 g/mol. The predicted molar refractivity (Wildman–Crippen MR) is 112 cm³/mol. The predicted octanol–water partition coefficient (Wildman–Crippen LogP) is 3.43. The van der Waals surface area contributed by atoms with Crippen molar-refractivity contribution in [1.82, 2.24) is 18.9 Å². The molecule has 0 radical (unpaired) electrons. The quantitative estimate of drug-likeness (QED) is 0.507. The number of amides is 1. The number of ether oxygens (including phenoxy) is 1. The van der Waals surface area contributed by atoms with Crippen molar-refractivity contribution < 1.29 is 9.53 Å². The number of benzene rings is 1. The largest absolute Gasteiger partial charge is 0.383 e. The molecule has 0 atom stereocenters. The summed E-state index contributed by atoms with van der Waals surface area (Å²) in [6.45, 7) is 3.26. The van der Waals surface area contributed by atoms with E-state index in [1.54, 1.807) is 19.1 Å². The zero-order chi connectivity index (χ0) is 20.4. The highest BCUT2D eigenvalue weighted by Crippen LogP contribution is 2.24. The van der Waals surface area contributed by atoms with Gasteiger partial charge in [0.15, 0.2) is 11.5 Å². The number of nitrogens with zero attached hydrogens (tertiary/aromatic N) is 5. The fourth-order valence-electron chi connectivity index (χ4n) is 3.34. The molecule has 0 aliphatic heterocycles. The summed E-state index contributed by atoms with van der Waals surface area (Å²) >= 11 is 0. The lowest BCUT2D eigenvalue weighted by Gasteiger charge is -2.16. The van der Waals surface area contributed by atoms with Crippen LogP contribution in [0.2, 0.25) is 0 Å². The minimum absolute atomic E-state index is 0.165. The van der Waals surface area contributed by atoms with Crippen LogP contribution in [0.4, 0.5) is 5.69 Å². The fourth-order valence-corrected chi connectivity index (χ4v) is 3.34. The van der Waals surface area contributed by atoms with Crippen LogP contribution in [0.1, 0.15) is 16.3 Å². The van der Waals surface area contributed by atoms with Crippen LogP contribution >= 0.6 is 0 Å². The standard InChI is InChI=1S/C22H23N5O2/c1-16-23-18(15-26(16)13-14-29-3)21-24-20(19-11-7-8-12-27(19)21)22(28)25(2)17-9-5-4-6-10-17/h4-12,15H,13-14H2,1-3H3. The van der Waals surface area contributed by atoms with Crippen LogP contribution in [0.5, 0.6) is 0 Å². The molecular formula is C22H23N5O2. The lowest BCUT2D eigenvalue weighted by molar-refractivity contribution is 0.0990. The summed E-state index contributed by atoms with van der Waals surface area (Å²) in [6, 6.07) is 15.3. The summed E-state index contributed by atoms with van der Waals surface area (Å²) in [5, 5.41) is 0. The van der Waals surface area contributed by atoms with Gasteiger partial charge in [-0.15, -0.1) is 0 Å². The highest BCUT2D eigenvalue weighted by molar-refractivity contribution is 6.09. The Labute approximate surface area is 169 Å². The third-order valence-electron chi connectivity index (χ3n) is 4.94. The number of aryl methyl sites for hydroxylation is 1. The van der Waals surface area contributed by atoms with Gasteiger partial charge in [0, 0.05) is 38.8 Å². The molecule has 0 unspecified atom stereocenters. The first kappa shape index (κ1) is 18.9. The molecule has 0 aliphatic rings. The summed E-state index contributed by atoms with van der Waals surface area (Å²) in [7, 11) is 3.44. The van der Waals surface area contributed by atoms with E-state index in [1.165, 1.54) is 0 Å². The number of hydrogen-bond acceptors (Lipinski definition) is 4. The molecule has 0 fully saturated rings. The Balaban J connectivity index is 1.77. The monoisotopic (exact) mass is 389 g/mol. The van der Waals surface area contributed by atoms with Crippen LogP contribution in [0.25, 0.3) is 17.0 Å². The van der Waals surface area contributed by atoms with Crippen molar-refractivity contribution in [2.24, 2.45) is 0 Å². The smallest absolute Gasteiger partial charge is 0.278 e. The molecule has 7 heteroatoms. The van der Waals surface area contributed by atoms with Crippen LogP contribution < -0.4 is 4.90 Å². The van der Waals surface area contributed by atoms with Crippen molar-refractivity contribution >= 4 is 17.1 Å². The molecule has 4 rings (SSSR count). The first-order chi connectivity index (χ1) is 14.1. The number of methoxy groups -OCH3 is 1. The molecule has 1 aromatic carbocycles. The van der Waals surface area contributed by atoms with Gasteiger partial charge >= 0.3 is 0 Å². The van der Waals surface area contributed by atoms with Gasteiger partial charge in [-0.1, -0.05) is 24.3 Å². The van der Waals surface area contributed by atoms with Crippen LogP contribution in [0.3, 0.4) is 0 Å². The Morgan fingerprint density at radius 2 is 1.86 bits per heavy atom. The van der Waals surface area contributed by atoms with Gasteiger partial charge in [0.25, 0.3) is 5.91 Å². The molecule has 0 saturated carbocycles. The number of carbonyl (C=O) groups is 1. The Kier molecular flexibility index (Phi) is 5.14. The van der Waals surface area contributed by atoms with Crippen LogP contribution in [0.15, 0.2) is 60.9 Å². The maximum absolute atomic E-state index is 13.2. The summed E-state index contributed by atoms with van der Waals surface area (Å²) in [5.41, 5.74) is 2.69. The van der Waals surface area contributed by atoms with Crippen molar-refractivity contribution in [3.63, 3.8) is 0 Å². The number of carbonyl (C=O) groups excluding carboxylic acids is 1. The summed E-state index contributed by atoms with van der Waals surface area (Å²) < 4.78 is 9.11. The van der Waals surface area contributed by atoms with Crippen molar-refractivity contribution in [2.75, 3.05) is 25.7 Å². The maximum atomic E-state index is 13.2. The van der Waals surface area contributed by atoms with E-state index in [0.29, 0.717) is 24.7 Å². The second kappa shape index (κ2) is 7.89. The summed E-state index contributed by atoms with van der Waals surface area (Å²) in [5.74, 6) is 1.35. The average molecular weight is 389 g/mol. The Hall–Kier alpha value is -3.45. The molecule has 1 amide bonds. The first-order valence-corrected chi connectivity index (χ1v) is 9.43. The molecule has 3 aromatic heterocycles. The Bertz CT molecular complexity index is 1150. The number of fused-ring (bicyclic) bond motifs is 1. The molecule has 0 saturated heterocycles.